The van der Waals surface area contributed by atoms with Gasteiger partial charge in [0.2, 0.25) is 0 Å². The first-order chi connectivity index (χ1) is 9.00. The van der Waals surface area contributed by atoms with Crippen molar-refractivity contribution in [1.82, 2.24) is 15.1 Å². The maximum atomic E-state index is 6.21. The molecular formula is C14H17Cl2N3. The highest BCUT2D eigenvalue weighted by Crippen LogP contribution is 2.24. The van der Waals surface area contributed by atoms with Crippen LogP contribution in [0.2, 0.25) is 10.2 Å². The van der Waals surface area contributed by atoms with Crippen LogP contribution in [0.15, 0.2) is 24.3 Å². The van der Waals surface area contributed by atoms with E-state index in [1.807, 2.05) is 38.2 Å². The van der Waals surface area contributed by atoms with E-state index in [1.54, 1.807) is 4.68 Å². The zero-order valence-corrected chi connectivity index (χ0v) is 12.8. The van der Waals surface area contributed by atoms with E-state index in [9.17, 15) is 0 Å². The number of hydrogen-bond acceptors (Lipinski definition) is 2. The predicted octanol–water partition coefficient (Wildman–Crippen LogP) is 3.89. The Kier molecular flexibility index (Phi) is 4.50. The molecule has 2 aromatic rings. The smallest absolute Gasteiger partial charge is 0.131 e. The number of aryl methyl sites for hydroxylation is 2. The molecule has 1 aromatic heterocycles. The van der Waals surface area contributed by atoms with E-state index in [-0.39, 0.29) is 6.04 Å². The molecule has 1 N–H and O–H groups in total. The fourth-order valence-electron chi connectivity index (χ4n) is 2.07. The number of nitrogens with zero attached hydrogens (tertiary/aromatic N) is 2. The average molecular weight is 298 g/mol. The van der Waals surface area contributed by atoms with Gasteiger partial charge in [-0.2, -0.15) is 5.10 Å². The van der Waals surface area contributed by atoms with Gasteiger partial charge in [0.25, 0.3) is 0 Å². The molecule has 0 bridgehead atoms. The van der Waals surface area contributed by atoms with E-state index in [0.29, 0.717) is 11.7 Å². The molecule has 3 nitrogen and oxygen atoms in total. The molecule has 2 rings (SSSR count). The fraction of sp³-hybridized carbons (Fsp3) is 0.357. The maximum absolute atomic E-state index is 6.21. The lowest BCUT2D eigenvalue weighted by Gasteiger charge is -2.15. The summed E-state index contributed by atoms with van der Waals surface area (Å²) in [4.78, 5) is 0. The number of rotatable bonds is 4. The Morgan fingerprint density at radius 1 is 1.32 bits per heavy atom. The van der Waals surface area contributed by atoms with Crippen molar-refractivity contribution >= 4 is 23.2 Å². The average Bonchev–Trinajstić information content (AvgIpc) is 2.61. The predicted molar refractivity (Wildman–Crippen MR) is 79.7 cm³/mol. The lowest BCUT2D eigenvalue weighted by Crippen LogP contribution is -2.18. The van der Waals surface area contributed by atoms with Crippen LogP contribution in [0.1, 0.15) is 29.8 Å². The molecule has 1 heterocycles. The third kappa shape index (κ3) is 3.11. The van der Waals surface area contributed by atoms with E-state index in [1.165, 1.54) is 0 Å². The molecule has 0 radical (unpaired) electrons. The molecular weight excluding hydrogens is 281 g/mol. The Bertz CT molecular complexity index is 578. The molecule has 0 spiro atoms. The van der Waals surface area contributed by atoms with Crippen LogP contribution in [0.3, 0.4) is 0 Å². The quantitative estimate of drug-likeness (QED) is 0.928. The van der Waals surface area contributed by atoms with Crippen LogP contribution < -0.4 is 5.32 Å². The van der Waals surface area contributed by atoms with Crippen LogP contribution in [0.25, 0.3) is 0 Å². The van der Waals surface area contributed by atoms with Gasteiger partial charge in [-0.1, -0.05) is 41.4 Å². The first-order valence-electron chi connectivity index (χ1n) is 6.16. The molecule has 0 amide bonds. The van der Waals surface area contributed by atoms with E-state index in [2.05, 4.69) is 17.3 Å². The first-order valence-corrected chi connectivity index (χ1v) is 6.92. The number of aromatic nitrogens is 2. The number of nitrogens with one attached hydrogen (secondary N) is 1. The van der Waals surface area contributed by atoms with E-state index >= 15 is 0 Å². The van der Waals surface area contributed by atoms with Gasteiger partial charge in [-0.3, -0.25) is 4.68 Å². The van der Waals surface area contributed by atoms with Crippen molar-refractivity contribution in [2.24, 2.45) is 7.05 Å². The number of hydrogen-bond donors (Lipinski definition) is 1. The van der Waals surface area contributed by atoms with Crippen molar-refractivity contribution in [2.45, 2.75) is 26.4 Å². The molecule has 0 fully saturated rings. The Morgan fingerprint density at radius 3 is 2.58 bits per heavy atom. The number of halogens is 2. The lowest BCUT2D eigenvalue weighted by atomic mass is 10.1. The summed E-state index contributed by atoms with van der Waals surface area (Å²) in [6.07, 6.45) is 0. The summed E-state index contributed by atoms with van der Waals surface area (Å²) < 4.78 is 1.69. The van der Waals surface area contributed by atoms with Gasteiger partial charge in [-0.15, -0.1) is 0 Å². The van der Waals surface area contributed by atoms with Crippen molar-refractivity contribution in [3.63, 3.8) is 0 Å². The summed E-state index contributed by atoms with van der Waals surface area (Å²) >= 11 is 12.4. The normalized spacial score (nSPS) is 12.7. The summed E-state index contributed by atoms with van der Waals surface area (Å²) in [5.74, 6) is 0. The third-order valence-corrected chi connectivity index (χ3v) is 4.04. The van der Waals surface area contributed by atoms with Crippen LogP contribution in [-0.2, 0) is 13.6 Å². The van der Waals surface area contributed by atoms with Gasteiger partial charge in [-0.05, 0) is 25.5 Å². The van der Waals surface area contributed by atoms with Crippen molar-refractivity contribution in [3.05, 3.63) is 51.3 Å². The van der Waals surface area contributed by atoms with E-state index in [4.69, 9.17) is 23.2 Å². The Hall–Kier alpha value is -1.03. The van der Waals surface area contributed by atoms with Gasteiger partial charge < -0.3 is 5.32 Å². The highest BCUT2D eigenvalue weighted by atomic mass is 35.5. The van der Waals surface area contributed by atoms with Crippen LogP contribution in [0.5, 0.6) is 0 Å². The van der Waals surface area contributed by atoms with Gasteiger partial charge in [-0.25, -0.2) is 0 Å². The fourth-order valence-corrected chi connectivity index (χ4v) is 2.61. The maximum Gasteiger partial charge on any atom is 0.131 e. The molecule has 0 saturated heterocycles. The van der Waals surface area contributed by atoms with Crippen LogP contribution in [0, 0.1) is 6.92 Å². The molecule has 1 atom stereocenters. The standard InChI is InChI=1S/C14H17Cl2N3/c1-9(11-6-4-5-7-13(11)15)17-8-12-10(2)18-19(3)14(12)16/h4-7,9,17H,8H2,1-3H3. The van der Waals surface area contributed by atoms with E-state index < -0.39 is 0 Å². The Balaban J connectivity index is 2.09. The molecule has 0 aliphatic heterocycles. The zero-order valence-electron chi connectivity index (χ0n) is 11.2. The SMILES string of the molecule is Cc1nn(C)c(Cl)c1CNC(C)c1ccccc1Cl. The monoisotopic (exact) mass is 297 g/mol. The Labute approximate surface area is 123 Å². The second-order valence-corrected chi connectivity index (χ2v) is 5.37. The molecule has 0 aliphatic rings. The minimum absolute atomic E-state index is 0.157. The summed E-state index contributed by atoms with van der Waals surface area (Å²) in [6.45, 7) is 4.72. The molecule has 102 valence electrons. The molecule has 1 aromatic carbocycles. The molecule has 0 aliphatic carbocycles. The summed E-state index contributed by atoms with van der Waals surface area (Å²) in [7, 11) is 1.84. The van der Waals surface area contributed by atoms with Gasteiger partial charge in [0.15, 0.2) is 0 Å². The molecule has 5 heteroatoms. The Morgan fingerprint density at radius 2 is 2.00 bits per heavy atom. The molecule has 1 unspecified atom stereocenters. The topological polar surface area (TPSA) is 29.9 Å². The largest absolute Gasteiger partial charge is 0.306 e. The van der Waals surface area contributed by atoms with E-state index in [0.717, 1.165) is 21.8 Å². The highest BCUT2D eigenvalue weighted by molar-refractivity contribution is 6.31. The summed E-state index contributed by atoms with van der Waals surface area (Å²) in [6, 6.07) is 8.00. The highest BCUT2D eigenvalue weighted by Gasteiger charge is 2.13. The van der Waals surface area contributed by atoms with Crippen molar-refractivity contribution in [1.29, 1.82) is 0 Å². The van der Waals surface area contributed by atoms with Gasteiger partial charge in [0.1, 0.15) is 5.15 Å². The zero-order chi connectivity index (χ0) is 14.0. The van der Waals surface area contributed by atoms with Gasteiger partial charge in [0.05, 0.1) is 5.69 Å². The third-order valence-electron chi connectivity index (χ3n) is 3.23. The summed E-state index contributed by atoms with van der Waals surface area (Å²) in [5, 5.41) is 9.18. The van der Waals surface area contributed by atoms with Crippen molar-refractivity contribution in [3.8, 4) is 0 Å². The lowest BCUT2D eigenvalue weighted by molar-refractivity contribution is 0.573. The van der Waals surface area contributed by atoms with Crippen LogP contribution >= 0.6 is 23.2 Å². The second-order valence-electron chi connectivity index (χ2n) is 4.60. The first kappa shape index (κ1) is 14.4. The minimum atomic E-state index is 0.157. The molecule has 0 saturated carbocycles. The van der Waals surface area contributed by atoms with Gasteiger partial charge in [0, 0.05) is 30.2 Å². The van der Waals surface area contributed by atoms with Crippen molar-refractivity contribution < 1.29 is 0 Å². The number of benzene rings is 1. The van der Waals surface area contributed by atoms with Crippen LogP contribution in [0.4, 0.5) is 0 Å². The van der Waals surface area contributed by atoms with Gasteiger partial charge >= 0.3 is 0 Å². The second kappa shape index (κ2) is 5.95. The minimum Gasteiger partial charge on any atom is -0.306 e. The van der Waals surface area contributed by atoms with Crippen LogP contribution in [-0.4, -0.2) is 9.78 Å². The van der Waals surface area contributed by atoms with Crippen molar-refractivity contribution in [2.75, 3.05) is 0 Å². The summed E-state index contributed by atoms with van der Waals surface area (Å²) in [5.41, 5.74) is 3.07. The molecule has 19 heavy (non-hydrogen) atoms.